The first-order valence-electron chi connectivity index (χ1n) is 16.6. The minimum Gasteiger partial charge on any atom is -0.494 e. The van der Waals surface area contributed by atoms with Gasteiger partial charge in [0.2, 0.25) is 0 Å². The number of ether oxygens (including phenoxy) is 3. The maximum absolute atomic E-state index is 13.5. The number of esters is 1. The SMILES string of the molecule is CCCCc1ccc(N(CC)c2ccc3c(c2)Oc2cc(C)c(Nc4ccc(OCC)cc4)cc2C32OC(=O)c3ccccc32)cc1. The molecule has 6 heteroatoms. The Bertz CT molecular complexity index is 1930. The van der Waals surface area contributed by atoms with Crippen LogP contribution in [0, 0.1) is 6.92 Å². The molecule has 0 amide bonds. The first-order chi connectivity index (χ1) is 22.9. The van der Waals surface area contributed by atoms with Gasteiger partial charge in [-0.15, -0.1) is 0 Å². The molecule has 47 heavy (non-hydrogen) atoms. The molecule has 238 valence electrons. The molecule has 1 spiro atoms. The summed E-state index contributed by atoms with van der Waals surface area (Å²) < 4.78 is 18.8. The summed E-state index contributed by atoms with van der Waals surface area (Å²) >= 11 is 0. The van der Waals surface area contributed by atoms with Crippen LogP contribution >= 0.6 is 0 Å². The topological polar surface area (TPSA) is 60.0 Å². The Morgan fingerprint density at radius 1 is 0.787 bits per heavy atom. The van der Waals surface area contributed by atoms with E-state index in [1.165, 1.54) is 18.4 Å². The molecule has 2 aliphatic rings. The third-order valence-corrected chi connectivity index (χ3v) is 9.18. The fourth-order valence-corrected chi connectivity index (χ4v) is 6.81. The molecular formula is C41H40N2O4. The first-order valence-corrected chi connectivity index (χ1v) is 16.6. The zero-order chi connectivity index (χ0) is 32.5. The molecule has 1 atom stereocenters. The van der Waals surface area contributed by atoms with Gasteiger partial charge >= 0.3 is 5.97 Å². The van der Waals surface area contributed by atoms with E-state index in [9.17, 15) is 4.79 Å². The highest BCUT2D eigenvalue weighted by atomic mass is 16.6. The lowest BCUT2D eigenvalue weighted by Crippen LogP contribution is -2.33. The molecule has 5 aromatic carbocycles. The van der Waals surface area contributed by atoms with Crippen molar-refractivity contribution in [2.75, 3.05) is 23.4 Å². The molecule has 0 aliphatic carbocycles. The smallest absolute Gasteiger partial charge is 0.340 e. The van der Waals surface area contributed by atoms with E-state index < -0.39 is 5.60 Å². The third kappa shape index (κ3) is 5.38. The Labute approximate surface area is 276 Å². The lowest BCUT2D eigenvalue weighted by Gasteiger charge is -2.38. The van der Waals surface area contributed by atoms with Gasteiger partial charge in [-0.2, -0.15) is 0 Å². The summed E-state index contributed by atoms with van der Waals surface area (Å²) in [7, 11) is 0. The highest BCUT2D eigenvalue weighted by Gasteiger charge is 2.53. The van der Waals surface area contributed by atoms with Crippen molar-refractivity contribution < 1.29 is 19.0 Å². The summed E-state index contributed by atoms with van der Waals surface area (Å²) in [5.41, 5.74) is 8.12. The van der Waals surface area contributed by atoms with Crippen molar-refractivity contribution in [2.24, 2.45) is 0 Å². The average Bonchev–Trinajstić information content (AvgIpc) is 3.38. The second-order valence-corrected chi connectivity index (χ2v) is 12.2. The summed E-state index contributed by atoms with van der Waals surface area (Å²) in [5.74, 6) is 1.81. The molecule has 0 radical (unpaired) electrons. The molecule has 5 aromatic rings. The number of aryl methyl sites for hydroxylation is 2. The number of carbonyl (C=O) groups is 1. The Kier molecular flexibility index (Phi) is 8.10. The van der Waals surface area contributed by atoms with Gasteiger partial charge in [0.25, 0.3) is 0 Å². The van der Waals surface area contributed by atoms with Crippen LogP contribution in [-0.2, 0) is 16.8 Å². The highest BCUT2D eigenvalue weighted by Crippen LogP contribution is 2.57. The predicted octanol–water partition coefficient (Wildman–Crippen LogP) is 10.2. The number of carbonyl (C=O) groups excluding carboxylic acids is 1. The summed E-state index contributed by atoms with van der Waals surface area (Å²) in [5, 5.41) is 3.56. The second kappa shape index (κ2) is 12.5. The van der Waals surface area contributed by atoms with Gasteiger partial charge in [0, 0.05) is 52.1 Å². The zero-order valence-electron chi connectivity index (χ0n) is 27.4. The van der Waals surface area contributed by atoms with Crippen LogP contribution in [0.1, 0.15) is 71.8 Å². The van der Waals surface area contributed by atoms with E-state index in [4.69, 9.17) is 14.2 Å². The van der Waals surface area contributed by atoms with E-state index in [0.29, 0.717) is 23.7 Å². The van der Waals surface area contributed by atoms with Crippen molar-refractivity contribution in [2.45, 2.75) is 52.6 Å². The van der Waals surface area contributed by atoms with Gasteiger partial charge in [-0.3, -0.25) is 0 Å². The monoisotopic (exact) mass is 624 g/mol. The highest BCUT2D eigenvalue weighted by molar-refractivity contribution is 5.97. The second-order valence-electron chi connectivity index (χ2n) is 12.2. The Balaban J connectivity index is 1.31. The number of rotatable bonds is 10. The number of hydrogen-bond donors (Lipinski definition) is 1. The van der Waals surface area contributed by atoms with Crippen molar-refractivity contribution in [3.63, 3.8) is 0 Å². The van der Waals surface area contributed by atoms with Crippen molar-refractivity contribution in [1.82, 2.24) is 0 Å². The lowest BCUT2D eigenvalue weighted by molar-refractivity contribution is 0.0224. The van der Waals surface area contributed by atoms with Crippen LogP contribution in [0.2, 0.25) is 0 Å². The normalized spacial score (nSPS) is 15.7. The van der Waals surface area contributed by atoms with E-state index >= 15 is 0 Å². The predicted molar refractivity (Wildman–Crippen MR) is 188 cm³/mol. The molecule has 0 fully saturated rings. The van der Waals surface area contributed by atoms with E-state index in [0.717, 1.165) is 63.7 Å². The van der Waals surface area contributed by atoms with Gasteiger partial charge in [-0.25, -0.2) is 4.79 Å². The van der Waals surface area contributed by atoms with Crippen LogP contribution in [0.3, 0.4) is 0 Å². The molecule has 0 aromatic heterocycles. The maximum atomic E-state index is 13.5. The van der Waals surface area contributed by atoms with Crippen LogP contribution in [0.25, 0.3) is 0 Å². The minimum atomic E-state index is -1.16. The zero-order valence-corrected chi connectivity index (χ0v) is 27.4. The Morgan fingerprint density at radius 2 is 1.53 bits per heavy atom. The number of fused-ring (bicyclic) bond motifs is 6. The van der Waals surface area contributed by atoms with Crippen LogP contribution < -0.4 is 19.7 Å². The molecule has 0 saturated heterocycles. The first kappa shape index (κ1) is 30.4. The lowest BCUT2D eigenvalue weighted by atomic mass is 9.77. The number of nitrogens with one attached hydrogen (secondary N) is 1. The minimum absolute atomic E-state index is 0.344. The van der Waals surface area contributed by atoms with Crippen molar-refractivity contribution in [3.8, 4) is 17.2 Å². The average molecular weight is 625 g/mol. The molecule has 0 bridgehead atoms. The van der Waals surface area contributed by atoms with Gasteiger partial charge in [0.1, 0.15) is 17.2 Å². The van der Waals surface area contributed by atoms with Gasteiger partial charge in [0.15, 0.2) is 5.60 Å². The number of nitrogens with zero attached hydrogens (tertiary/aromatic N) is 1. The van der Waals surface area contributed by atoms with Crippen LogP contribution in [0.15, 0.2) is 103 Å². The summed E-state index contributed by atoms with van der Waals surface area (Å²) in [4.78, 5) is 15.8. The van der Waals surface area contributed by atoms with Crippen molar-refractivity contribution in [3.05, 3.63) is 137 Å². The van der Waals surface area contributed by atoms with Gasteiger partial charge in [-0.05, 0) is 111 Å². The fourth-order valence-electron chi connectivity index (χ4n) is 6.81. The van der Waals surface area contributed by atoms with E-state index in [1.54, 1.807) is 0 Å². The molecule has 0 saturated carbocycles. The molecule has 6 nitrogen and oxygen atoms in total. The van der Waals surface area contributed by atoms with Crippen LogP contribution in [0.4, 0.5) is 22.7 Å². The molecule has 2 aliphatic heterocycles. The fraction of sp³-hybridized carbons (Fsp3) is 0.244. The van der Waals surface area contributed by atoms with E-state index in [2.05, 4.69) is 79.5 Å². The Morgan fingerprint density at radius 3 is 2.28 bits per heavy atom. The van der Waals surface area contributed by atoms with E-state index in [1.807, 2.05) is 61.5 Å². The van der Waals surface area contributed by atoms with E-state index in [-0.39, 0.29) is 5.97 Å². The molecule has 7 rings (SSSR count). The molecule has 1 unspecified atom stereocenters. The van der Waals surface area contributed by atoms with Crippen molar-refractivity contribution >= 4 is 28.7 Å². The molecule has 1 N–H and O–H groups in total. The van der Waals surface area contributed by atoms with Crippen molar-refractivity contribution in [1.29, 1.82) is 0 Å². The third-order valence-electron chi connectivity index (χ3n) is 9.18. The number of anilines is 4. The number of unbranched alkanes of at least 4 members (excludes halogenated alkanes) is 1. The maximum Gasteiger partial charge on any atom is 0.340 e. The molecular weight excluding hydrogens is 584 g/mol. The van der Waals surface area contributed by atoms with Gasteiger partial charge in [-0.1, -0.05) is 43.7 Å². The number of benzene rings is 5. The van der Waals surface area contributed by atoms with Crippen LogP contribution in [-0.4, -0.2) is 19.1 Å². The standard InChI is InChI=1S/C41H40N2O4/c1-5-8-11-28-14-18-30(19-15-28)43(6-2)31-20-23-35-39(25-31)46-38-24-27(4)37(42-29-16-21-32(22-17-29)45-7-3)26-36(38)41(35)34-13-10-9-12-33(34)40(44)47-41/h9-10,12-26,42H,5-8,11H2,1-4H3. The largest absolute Gasteiger partial charge is 0.494 e. The summed E-state index contributed by atoms with van der Waals surface area (Å²) in [6.45, 7) is 9.80. The summed E-state index contributed by atoms with van der Waals surface area (Å²) in [6, 6.07) is 34.7. The van der Waals surface area contributed by atoms with Gasteiger partial charge in [0.05, 0.1) is 12.2 Å². The quantitative estimate of drug-likeness (QED) is 0.156. The van der Waals surface area contributed by atoms with Crippen LogP contribution in [0.5, 0.6) is 17.2 Å². The van der Waals surface area contributed by atoms with Gasteiger partial charge < -0.3 is 24.4 Å². The summed E-state index contributed by atoms with van der Waals surface area (Å²) in [6.07, 6.45) is 3.46. The number of hydrogen-bond acceptors (Lipinski definition) is 6. The Hall–Kier alpha value is -5.23. The molecule has 2 heterocycles.